The van der Waals surface area contributed by atoms with Gasteiger partial charge in [0.2, 0.25) is 5.91 Å². The smallest absolute Gasteiger partial charge is 0.227 e. The summed E-state index contributed by atoms with van der Waals surface area (Å²) < 4.78 is 0. The molecular weight excluding hydrogens is 320 g/mol. The Hall–Kier alpha value is -1.69. The summed E-state index contributed by atoms with van der Waals surface area (Å²) in [5.41, 5.74) is 1.47. The van der Waals surface area contributed by atoms with E-state index in [2.05, 4.69) is 17.3 Å². The Kier molecular flexibility index (Phi) is 4.16. The number of carbonyl (C=O) groups excluding carboxylic acids is 1. The lowest BCUT2D eigenvalue weighted by Gasteiger charge is -2.20. The highest BCUT2D eigenvalue weighted by Gasteiger charge is 2.31. The Labute approximate surface area is 146 Å². The summed E-state index contributed by atoms with van der Waals surface area (Å²) in [5.74, 6) is 1.69. The van der Waals surface area contributed by atoms with E-state index < -0.39 is 0 Å². The molecule has 0 aliphatic heterocycles. The molecule has 5 nitrogen and oxygen atoms in total. The van der Waals surface area contributed by atoms with Gasteiger partial charge in [-0.05, 0) is 51.0 Å². The van der Waals surface area contributed by atoms with Gasteiger partial charge >= 0.3 is 0 Å². The van der Waals surface area contributed by atoms with Gasteiger partial charge in [-0.3, -0.25) is 4.79 Å². The first-order chi connectivity index (χ1) is 11.7. The standard InChI is InChI=1S/C18H24N4OS/c1-3-19-15(23)10-14-20-17(22(2)11-8-9-11)16-12-6-4-5-7-13(12)24-18(16)21-14/h11H,3-10H2,1-2H3,(H,19,23). The number of fused-ring (bicyclic) bond motifs is 3. The van der Waals surface area contributed by atoms with Gasteiger partial charge in [0, 0.05) is 24.5 Å². The third-order valence-corrected chi connectivity index (χ3v) is 6.15. The van der Waals surface area contributed by atoms with Crippen LogP contribution in [0.2, 0.25) is 0 Å². The van der Waals surface area contributed by atoms with E-state index in [1.165, 1.54) is 41.5 Å². The number of hydrogen-bond acceptors (Lipinski definition) is 5. The van der Waals surface area contributed by atoms with Crippen molar-refractivity contribution in [2.75, 3.05) is 18.5 Å². The number of thiophene rings is 1. The van der Waals surface area contributed by atoms with Crippen molar-refractivity contribution in [2.24, 2.45) is 0 Å². The summed E-state index contributed by atoms with van der Waals surface area (Å²) in [6.45, 7) is 2.57. The number of nitrogens with one attached hydrogen (secondary N) is 1. The molecule has 2 aromatic rings. The van der Waals surface area contributed by atoms with E-state index in [0.29, 0.717) is 18.4 Å². The molecule has 0 unspecified atom stereocenters. The van der Waals surface area contributed by atoms with E-state index in [-0.39, 0.29) is 12.3 Å². The summed E-state index contributed by atoms with van der Waals surface area (Å²) in [4.78, 5) is 26.4. The second-order valence-electron chi connectivity index (χ2n) is 6.83. The number of aromatic nitrogens is 2. The van der Waals surface area contributed by atoms with Crippen LogP contribution in [0.1, 0.15) is 48.9 Å². The van der Waals surface area contributed by atoms with Crippen LogP contribution in [0, 0.1) is 0 Å². The molecule has 0 atom stereocenters. The highest BCUT2D eigenvalue weighted by molar-refractivity contribution is 7.19. The van der Waals surface area contributed by atoms with E-state index in [1.807, 2.05) is 18.3 Å². The fourth-order valence-corrected chi connectivity index (χ4v) is 4.83. The number of anilines is 1. The Morgan fingerprint density at radius 3 is 2.83 bits per heavy atom. The molecule has 0 bridgehead atoms. The number of hydrogen-bond donors (Lipinski definition) is 1. The molecule has 6 heteroatoms. The van der Waals surface area contributed by atoms with Crippen molar-refractivity contribution >= 4 is 33.3 Å². The maximum absolute atomic E-state index is 12.0. The van der Waals surface area contributed by atoms with Crippen LogP contribution in [0.3, 0.4) is 0 Å². The molecule has 1 N–H and O–H groups in total. The van der Waals surface area contributed by atoms with Gasteiger partial charge in [0.25, 0.3) is 0 Å². The van der Waals surface area contributed by atoms with E-state index in [9.17, 15) is 4.79 Å². The molecule has 0 spiro atoms. The highest BCUT2D eigenvalue weighted by Crippen LogP contribution is 2.41. The zero-order valence-electron chi connectivity index (χ0n) is 14.4. The molecule has 0 saturated heterocycles. The number of aryl methyl sites for hydroxylation is 2. The molecule has 2 heterocycles. The van der Waals surface area contributed by atoms with Crippen LogP contribution in [0.4, 0.5) is 5.82 Å². The minimum Gasteiger partial charge on any atom is -0.356 e. The quantitative estimate of drug-likeness (QED) is 0.906. The molecule has 2 aromatic heterocycles. The maximum Gasteiger partial charge on any atom is 0.227 e. The maximum atomic E-state index is 12.0. The van der Waals surface area contributed by atoms with E-state index in [1.54, 1.807) is 0 Å². The number of carbonyl (C=O) groups is 1. The second kappa shape index (κ2) is 6.31. The predicted octanol–water partition coefficient (Wildman–Crippen LogP) is 2.85. The normalized spacial score (nSPS) is 16.9. The lowest BCUT2D eigenvalue weighted by Crippen LogP contribution is -2.26. The van der Waals surface area contributed by atoms with Gasteiger partial charge in [0.1, 0.15) is 16.5 Å². The Morgan fingerprint density at radius 2 is 2.08 bits per heavy atom. The van der Waals surface area contributed by atoms with Crippen molar-refractivity contribution < 1.29 is 4.79 Å². The molecule has 0 radical (unpaired) electrons. The molecule has 1 saturated carbocycles. The van der Waals surface area contributed by atoms with Gasteiger partial charge in [-0.2, -0.15) is 0 Å². The van der Waals surface area contributed by atoms with E-state index >= 15 is 0 Å². The average Bonchev–Trinajstić information content (AvgIpc) is 3.34. The van der Waals surface area contributed by atoms with Crippen molar-refractivity contribution in [3.8, 4) is 0 Å². The molecule has 1 fully saturated rings. The summed E-state index contributed by atoms with van der Waals surface area (Å²) in [6, 6.07) is 0.597. The van der Waals surface area contributed by atoms with Gasteiger partial charge in [0.05, 0.1) is 11.8 Å². The van der Waals surface area contributed by atoms with Gasteiger partial charge < -0.3 is 10.2 Å². The summed E-state index contributed by atoms with van der Waals surface area (Å²) in [6.07, 6.45) is 7.56. The molecule has 2 aliphatic carbocycles. The van der Waals surface area contributed by atoms with E-state index in [0.717, 1.165) is 23.5 Å². The van der Waals surface area contributed by atoms with Crippen LogP contribution in [-0.2, 0) is 24.1 Å². The fraction of sp³-hybridized carbons (Fsp3) is 0.611. The third kappa shape index (κ3) is 2.88. The van der Waals surface area contributed by atoms with Crippen LogP contribution in [0.15, 0.2) is 0 Å². The van der Waals surface area contributed by atoms with Crippen LogP contribution < -0.4 is 10.2 Å². The summed E-state index contributed by atoms with van der Waals surface area (Å²) in [7, 11) is 2.14. The first-order valence-electron chi connectivity index (χ1n) is 8.98. The molecule has 4 rings (SSSR count). The second-order valence-corrected chi connectivity index (χ2v) is 7.91. The lowest BCUT2D eigenvalue weighted by molar-refractivity contribution is -0.120. The molecule has 1 amide bonds. The topological polar surface area (TPSA) is 58.1 Å². The van der Waals surface area contributed by atoms with Gasteiger partial charge in [-0.15, -0.1) is 11.3 Å². The zero-order chi connectivity index (χ0) is 16.7. The molecule has 24 heavy (non-hydrogen) atoms. The number of rotatable bonds is 5. The monoisotopic (exact) mass is 344 g/mol. The van der Waals surface area contributed by atoms with Crippen molar-refractivity contribution in [2.45, 2.75) is 57.9 Å². The van der Waals surface area contributed by atoms with Crippen LogP contribution in [0.25, 0.3) is 10.2 Å². The molecule has 0 aromatic carbocycles. The Bertz CT molecular complexity index is 781. The average molecular weight is 344 g/mol. The fourth-order valence-electron chi connectivity index (χ4n) is 3.55. The van der Waals surface area contributed by atoms with Crippen molar-refractivity contribution in [1.82, 2.24) is 15.3 Å². The number of likely N-dealkylation sites (N-methyl/N-ethyl adjacent to an activating group) is 1. The zero-order valence-corrected chi connectivity index (χ0v) is 15.2. The minimum absolute atomic E-state index is 0.00167. The molecular formula is C18H24N4OS. The number of amides is 1. The van der Waals surface area contributed by atoms with Gasteiger partial charge in [-0.1, -0.05) is 0 Å². The summed E-state index contributed by atoms with van der Waals surface area (Å²) in [5, 5.41) is 4.10. The van der Waals surface area contributed by atoms with Crippen molar-refractivity contribution in [3.05, 3.63) is 16.3 Å². The first kappa shape index (κ1) is 15.8. The van der Waals surface area contributed by atoms with Crippen molar-refractivity contribution in [3.63, 3.8) is 0 Å². The Balaban J connectivity index is 1.80. The van der Waals surface area contributed by atoms with Crippen LogP contribution in [-0.4, -0.2) is 35.5 Å². The van der Waals surface area contributed by atoms with Crippen molar-refractivity contribution in [1.29, 1.82) is 0 Å². The molecule has 2 aliphatic rings. The molecule has 128 valence electrons. The minimum atomic E-state index is -0.00167. The highest BCUT2D eigenvalue weighted by atomic mass is 32.1. The first-order valence-corrected chi connectivity index (χ1v) is 9.79. The SMILES string of the molecule is CCNC(=O)Cc1nc(N(C)C2CC2)c2c3c(sc2n1)CCCC3. The van der Waals surface area contributed by atoms with E-state index in [4.69, 9.17) is 9.97 Å². The van der Waals surface area contributed by atoms with Crippen LogP contribution >= 0.6 is 11.3 Å². The van der Waals surface area contributed by atoms with Gasteiger partial charge in [-0.25, -0.2) is 9.97 Å². The predicted molar refractivity (Wildman–Crippen MR) is 97.9 cm³/mol. The Morgan fingerprint density at radius 1 is 1.29 bits per heavy atom. The summed E-state index contributed by atoms with van der Waals surface area (Å²) >= 11 is 1.81. The largest absolute Gasteiger partial charge is 0.356 e. The lowest BCUT2D eigenvalue weighted by atomic mass is 9.97. The van der Waals surface area contributed by atoms with Crippen LogP contribution in [0.5, 0.6) is 0 Å². The number of nitrogens with zero attached hydrogens (tertiary/aromatic N) is 3. The van der Waals surface area contributed by atoms with Gasteiger partial charge in [0.15, 0.2) is 0 Å². The third-order valence-electron chi connectivity index (χ3n) is 4.96.